The molecule has 0 radical (unpaired) electrons. The SMILES string of the molecule is COC(=O)[C@]1(C)[C@@H]2CC(=O)[C@@H]3[C@H](C)C(=CC(=O)OCCN(C)C)CC[C@@H]3[C@@]2(C)CC[C@@H]1O. The normalized spacial score (nSPS) is 40.6. The van der Waals surface area contributed by atoms with E-state index in [1.807, 2.05) is 25.9 Å². The topological polar surface area (TPSA) is 93.1 Å². The van der Waals surface area contributed by atoms with Gasteiger partial charge in [0.2, 0.25) is 0 Å². The van der Waals surface area contributed by atoms with E-state index in [9.17, 15) is 19.5 Å². The van der Waals surface area contributed by atoms with Crippen LogP contribution < -0.4 is 0 Å². The summed E-state index contributed by atoms with van der Waals surface area (Å²) in [5, 5.41) is 10.8. The number of likely N-dealkylation sites (N-methyl/N-ethyl adjacent to an activating group) is 1. The van der Waals surface area contributed by atoms with Gasteiger partial charge in [-0.25, -0.2) is 4.79 Å². The molecule has 0 aliphatic heterocycles. The summed E-state index contributed by atoms with van der Waals surface area (Å²) in [7, 11) is 5.19. The van der Waals surface area contributed by atoms with Crippen molar-refractivity contribution >= 4 is 17.7 Å². The van der Waals surface area contributed by atoms with Crippen molar-refractivity contribution in [3.63, 3.8) is 0 Å². The molecule has 0 heterocycles. The van der Waals surface area contributed by atoms with Crippen LogP contribution in [0.3, 0.4) is 0 Å². The number of allylic oxidation sites excluding steroid dienone is 1. The van der Waals surface area contributed by atoms with Crippen molar-refractivity contribution in [2.24, 2.45) is 34.5 Å². The zero-order valence-corrected chi connectivity index (χ0v) is 20.3. The van der Waals surface area contributed by atoms with Gasteiger partial charge in [0.1, 0.15) is 12.4 Å². The molecule has 3 aliphatic rings. The zero-order valence-electron chi connectivity index (χ0n) is 20.3. The number of carbonyl (C=O) groups is 3. The molecule has 0 bridgehead atoms. The molecular weight excluding hydrogens is 410 g/mol. The minimum Gasteiger partial charge on any atom is -0.469 e. The Balaban J connectivity index is 1.84. The number of aliphatic hydroxyl groups excluding tert-OH is 1. The smallest absolute Gasteiger partial charge is 0.330 e. The summed E-state index contributed by atoms with van der Waals surface area (Å²) in [6, 6.07) is 0. The second kappa shape index (κ2) is 9.26. The molecule has 7 heteroatoms. The Bertz CT molecular complexity index is 791. The number of aliphatic hydroxyl groups is 1. The molecule has 32 heavy (non-hydrogen) atoms. The van der Waals surface area contributed by atoms with E-state index in [0.29, 0.717) is 19.6 Å². The molecule has 3 rings (SSSR count). The Morgan fingerprint density at radius 2 is 1.94 bits per heavy atom. The standard InChI is InChI=1S/C25H39NO6/c1-15-16(13-21(29)32-12-11-26(4)5)7-8-17-22(15)18(27)14-19-24(17,2)10-9-20(28)25(19,3)23(30)31-6/h13,15,17,19-20,22,28H,7-12,14H2,1-6H3/t15-,17+,19-,20+,22-,24-,25-/m1/s1. The first-order valence-corrected chi connectivity index (χ1v) is 11.8. The minimum absolute atomic E-state index is 0.0448. The van der Waals surface area contributed by atoms with Crippen molar-refractivity contribution in [2.45, 2.75) is 59.0 Å². The number of Topliss-reactive ketones (excluding diaryl/α,β-unsaturated/α-hetero) is 1. The van der Waals surface area contributed by atoms with Crippen LogP contribution in [0.4, 0.5) is 0 Å². The number of methoxy groups -OCH3 is 1. The summed E-state index contributed by atoms with van der Waals surface area (Å²) in [6.07, 6.45) is 3.84. The Labute approximate surface area is 191 Å². The molecule has 3 saturated carbocycles. The van der Waals surface area contributed by atoms with Gasteiger partial charge in [-0.3, -0.25) is 9.59 Å². The maximum atomic E-state index is 13.4. The predicted octanol–water partition coefficient (Wildman–Crippen LogP) is 2.61. The predicted molar refractivity (Wildman–Crippen MR) is 120 cm³/mol. The summed E-state index contributed by atoms with van der Waals surface area (Å²) in [5.41, 5.74) is -0.354. The molecule has 1 N–H and O–H groups in total. The number of carbonyl (C=O) groups excluding carboxylic acids is 3. The number of fused-ring (bicyclic) bond motifs is 3. The van der Waals surface area contributed by atoms with Gasteiger partial charge in [0.25, 0.3) is 0 Å². The van der Waals surface area contributed by atoms with E-state index in [1.54, 1.807) is 13.0 Å². The number of hydrogen-bond donors (Lipinski definition) is 1. The van der Waals surface area contributed by atoms with Gasteiger partial charge in [-0.2, -0.15) is 0 Å². The number of esters is 2. The van der Waals surface area contributed by atoms with Gasteiger partial charge in [0.05, 0.1) is 18.6 Å². The summed E-state index contributed by atoms with van der Waals surface area (Å²) >= 11 is 0. The molecule has 0 spiro atoms. The molecular formula is C25H39NO6. The van der Waals surface area contributed by atoms with Crippen LogP contribution in [0, 0.1) is 34.5 Å². The van der Waals surface area contributed by atoms with Crippen LogP contribution in [0.2, 0.25) is 0 Å². The van der Waals surface area contributed by atoms with Crippen molar-refractivity contribution in [1.29, 1.82) is 0 Å². The van der Waals surface area contributed by atoms with Crippen LogP contribution in [0.15, 0.2) is 11.6 Å². The molecule has 0 aromatic carbocycles. The molecule has 0 saturated heterocycles. The molecule has 3 fully saturated rings. The highest BCUT2D eigenvalue weighted by Crippen LogP contribution is 2.64. The molecule has 0 aromatic rings. The molecule has 3 aliphatic carbocycles. The molecule has 0 unspecified atom stereocenters. The fraction of sp³-hybridized carbons (Fsp3) is 0.800. The van der Waals surface area contributed by atoms with Gasteiger partial charge < -0.3 is 19.5 Å². The van der Waals surface area contributed by atoms with E-state index in [4.69, 9.17) is 9.47 Å². The largest absolute Gasteiger partial charge is 0.469 e. The average Bonchev–Trinajstić information content (AvgIpc) is 2.73. The van der Waals surface area contributed by atoms with E-state index in [0.717, 1.165) is 24.8 Å². The summed E-state index contributed by atoms with van der Waals surface area (Å²) in [6.45, 7) is 6.99. The Morgan fingerprint density at radius 3 is 2.56 bits per heavy atom. The van der Waals surface area contributed by atoms with E-state index >= 15 is 0 Å². The van der Waals surface area contributed by atoms with Gasteiger partial charge in [-0.05, 0) is 69.9 Å². The van der Waals surface area contributed by atoms with E-state index in [2.05, 4.69) is 6.92 Å². The second-order valence-electron chi connectivity index (χ2n) is 10.7. The maximum absolute atomic E-state index is 13.4. The monoisotopic (exact) mass is 449 g/mol. The summed E-state index contributed by atoms with van der Waals surface area (Å²) in [4.78, 5) is 40.5. The van der Waals surface area contributed by atoms with Crippen LogP contribution in [0.25, 0.3) is 0 Å². The average molecular weight is 450 g/mol. The Hall–Kier alpha value is -1.73. The lowest BCUT2D eigenvalue weighted by Crippen LogP contribution is -2.63. The third-order valence-corrected chi connectivity index (χ3v) is 8.81. The molecule has 7 atom stereocenters. The fourth-order valence-corrected chi connectivity index (χ4v) is 6.84. The first-order valence-electron chi connectivity index (χ1n) is 11.8. The highest BCUT2D eigenvalue weighted by molar-refractivity contribution is 5.87. The Kier molecular flexibility index (Phi) is 7.20. The van der Waals surface area contributed by atoms with E-state index in [1.165, 1.54) is 7.11 Å². The maximum Gasteiger partial charge on any atom is 0.330 e. The first-order chi connectivity index (χ1) is 15.0. The van der Waals surface area contributed by atoms with Crippen LogP contribution in [0.1, 0.15) is 52.9 Å². The lowest BCUT2D eigenvalue weighted by Gasteiger charge is -2.61. The van der Waals surface area contributed by atoms with Crippen LogP contribution in [0.5, 0.6) is 0 Å². The number of ether oxygens (including phenoxy) is 2. The van der Waals surface area contributed by atoms with Crippen LogP contribution in [-0.2, 0) is 23.9 Å². The lowest BCUT2D eigenvalue weighted by molar-refractivity contribution is -0.197. The third-order valence-electron chi connectivity index (χ3n) is 8.81. The van der Waals surface area contributed by atoms with Crippen LogP contribution in [-0.4, -0.2) is 68.2 Å². The highest BCUT2D eigenvalue weighted by Gasteiger charge is 2.65. The van der Waals surface area contributed by atoms with Gasteiger partial charge >= 0.3 is 11.9 Å². The molecule has 7 nitrogen and oxygen atoms in total. The first kappa shape index (κ1) is 24.9. The quantitative estimate of drug-likeness (QED) is 0.509. The van der Waals surface area contributed by atoms with Gasteiger partial charge in [-0.1, -0.05) is 19.4 Å². The van der Waals surface area contributed by atoms with Gasteiger partial charge in [0.15, 0.2) is 0 Å². The van der Waals surface area contributed by atoms with Crippen molar-refractivity contribution in [2.75, 3.05) is 34.4 Å². The van der Waals surface area contributed by atoms with Crippen molar-refractivity contribution in [3.8, 4) is 0 Å². The van der Waals surface area contributed by atoms with E-state index < -0.39 is 17.5 Å². The zero-order chi connectivity index (χ0) is 23.8. The number of nitrogens with zero attached hydrogens (tertiary/aromatic N) is 1. The summed E-state index contributed by atoms with van der Waals surface area (Å²) < 4.78 is 10.4. The van der Waals surface area contributed by atoms with Crippen molar-refractivity contribution in [3.05, 3.63) is 11.6 Å². The number of hydrogen-bond acceptors (Lipinski definition) is 7. The minimum atomic E-state index is -1.09. The van der Waals surface area contributed by atoms with Crippen LogP contribution >= 0.6 is 0 Å². The van der Waals surface area contributed by atoms with Crippen molar-refractivity contribution in [1.82, 2.24) is 4.90 Å². The molecule has 180 valence electrons. The third kappa shape index (κ3) is 4.14. The van der Waals surface area contributed by atoms with E-state index in [-0.39, 0.29) is 47.3 Å². The van der Waals surface area contributed by atoms with Crippen molar-refractivity contribution < 1.29 is 29.0 Å². The number of rotatable bonds is 5. The second-order valence-corrected chi connectivity index (χ2v) is 10.7. The fourth-order valence-electron chi connectivity index (χ4n) is 6.84. The number of ketones is 1. The van der Waals surface area contributed by atoms with Gasteiger partial charge in [0, 0.05) is 25.0 Å². The molecule has 0 amide bonds. The van der Waals surface area contributed by atoms with Gasteiger partial charge in [-0.15, -0.1) is 0 Å². The molecule has 0 aromatic heterocycles. The highest BCUT2D eigenvalue weighted by atomic mass is 16.5. The summed E-state index contributed by atoms with van der Waals surface area (Å²) in [5.74, 6) is -1.02. The lowest BCUT2D eigenvalue weighted by atomic mass is 9.42. The Morgan fingerprint density at radius 1 is 1.25 bits per heavy atom.